The van der Waals surface area contributed by atoms with Crippen LogP contribution in [0.15, 0.2) is 18.2 Å². The summed E-state index contributed by atoms with van der Waals surface area (Å²) >= 11 is 5.68. The molecule has 0 aromatic heterocycles. The van der Waals surface area contributed by atoms with E-state index in [-0.39, 0.29) is 17.6 Å². The van der Waals surface area contributed by atoms with Gasteiger partial charge in [0.1, 0.15) is 5.82 Å². The number of aryl methyl sites for hydroxylation is 1. The van der Waals surface area contributed by atoms with E-state index in [2.05, 4.69) is 5.32 Å². The number of alkyl halides is 1. The lowest BCUT2D eigenvalue weighted by atomic mass is 9.95. The molecule has 88 valence electrons. The van der Waals surface area contributed by atoms with Crippen molar-refractivity contribution in [3.05, 3.63) is 29.6 Å². The number of hydrogen-bond acceptors (Lipinski definition) is 1. The normalized spacial score (nSPS) is 11.3. The molecule has 1 amide bonds. The van der Waals surface area contributed by atoms with Crippen LogP contribution in [0.5, 0.6) is 0 Å². The molecule has 1 aromatic carbocycles. The summed E-state index contributed by atoms with van der Waals surface area (Å²) in [4.78, 5) is 11.7. The van der Waals surface area contributed by atoms with Crippen LogP contribution in [0, 0.1) is 18.2 Å². The van der Waals surface area contributed by atoms with Crippen LogP contribution >= 0.6 is 11.6 Å². The molecule has 0 atom stereocenters. The highest BCUT2D eigenvalue weighted by molar-refractivity contribution is 6.20. The Morgan fingerprint density at radius 1 is 1.50 bits per heavy atom. The molecule has 16 heavy (non-hydrogen) atoms. The van der Waals surface area contributed by atoms with Gasteiger partial charge in [0.2, 0.25) is 5.91 Å². The topological polar surface area (TPSA) is 29.1 Å². The maximum absolute atomic E-state index is 13.2. The van der Waals surface area contributed by atoms with Gasteiger partial charge in [-0.25, -0.2) is 4.39 Å². The fraction of sp³-hybridized carbons (Fsp3) is 0.417. The average molecular weight is 244 g/mol. The van der Waals surface area contributed by atoms with Crippen LogP contribution in [0.2, 0.25) is 0 Å². The number of nitrogens with one attached hydrogen (secondary N) is 1. The fourth-order valence-corrected chi connectivity index (χ4v) is 1.15. The lowest BCUT2D eigenvalue weighted by Gasteiger charge is -2.20. The van der Waals surface area contributed by atoms with Gasteiger partial charge in [-0.15, -0.1) is 11.6 Å². The number of carbonyl (C=O) groups is 1. The van der Waals surface area contributed by atoms with Crippen LogP contribution in [-0.2, 0) is 4.79 Å². The van der Waals surface area contributed by atoms with Gasteiger partial charge in [0.15, 0.2) is 0 Å². The van der Waals surface area contributed by atoms with Crippen LogP contribution in [0.25, 0.3) is 0 Å². The van der Waals surface area contributed by atoms with E-state index >= 15 is 0 Å². The van der Waals surface area contributed by atoms with Crippen LogP contribution in [0.3, 0.4) is 0 Å². The van der Waals surface area contributed by atoms with E-state index in [1.807, 2.05) is 0 Å². The third kappa shape index (κ3) is 2.95. The van der Waals surface area contributed by atoms with Crippen molar-refractivity contribution < 1.29 is 9.18 Å². The Kier molecular flexibility index (Phi) is 3.92. The van der Waals surface area contributed by atoms with Gasteiger partial charge in [0.25, 0.3) is 0 Å². The molecule has 0 radical (unpaired) electrons. The van der Waals surface area contributed by atoms with Crippen molar-refractivity contribution >= 4 is 23.2 Å². The van der Waals surface area contributed by atoms with Gasteiger partial charge in [-0.3, -0.25) is 4.79 Å². The first-order chi connectivity index (χ1) is 7.36. The molecule has 0 saturated carbocycles. The SMILES string of the molecule is Cc1ccc(NC(=O)C(C)(C)CCl)cc1F. The molecule has 1 N–H and O–H groups in total. The van der Waals surface area contributed by atoms with Crippen LogP contribution in [0.1, 0.15) is 19.4 Å². The van der Waals surface area contributed by atoms with Crippen molar-refractivity contribution in [3.63, 3.8) is 0 Å². The maximum Gasteiger partial charge on any atom is 0.231 e. The lowest BCUT2D eigenvalue weighted by Crippen LogP contribution is -2.32. The van der Waals surface area contributed by atoms with Crippen molar-refractivity contribution in [1.82, 2.24) is 0 Å². The van der Waals surface area contributed by atoms with Crippen LogP contribution in [0.4, 0.5) is 10.1 Å². The number of hydrogen-bond donors (Lipinski definition) is 1. The van der Waals surface area contributed by atoms with E-state index in [0.717, 1.165) is 0 Å². The Morgan fingerprint density at radius 2 is 2.12 bits per heavy atom. The highest BCUT2D eigenvalue weighted by Crippen LogP contribution is 2.21. The Labute approximate surface area is 99.8 Å². The molecule has 0 fully saturated rings. The minimum Gasteiger partial charge on any atom is -0.325 e. The third-order valence-corrected chi connectivity index (χ3v) is 3.05. The third-order valence-electron chi connectivity index (χ3n) is 2.38. The summed E-state index contributed by atoms with van der Waals surface area (Å²) in [6, 6.07) is 4.59. The highest BCUT2D eigenvalue weighted by Gasteiger charge is 2.26. The molecule has 0 spiro atoms. The quantitative estimate of drug-likeness (QED) is 0.811. The summed E-state index contributed by atoms with van der Waals surface area (Å²) in [7, 11) is 0. The summed E-state index contributed by atoms with van der Waals surface area (Å²) < 4.78 is 13.2. The summed E-state index contributed by atoms with van der Waals surface area (Å²) in [5.74, 6) is -0.333. The fourth-order valence-electron chi connectivity index (χ4n) is 1.03. The number of carbonyl (C=O) groups excluding carboxylic acids is 1. The Morgan fingerprint density at radius 3 is 2.62 bits per heavy atom. The zero-order valence-electron chi connectivity index (χ0n) is 9.60. The second-order valence-electron chi connectivity index (χ2n) is 4.44. The van der Waals surface area contributed by atoms with Gasteiger partial charge in [-0.2, -0.15) is 0 Å². The molecular weight excluding hydrogens is 229 g/mol. The molecule has 0 aliphatic heterocycles. The first kappa shape index (κ1) is 13.0. The van der Waals surface area contributed by atoms with Crippen LogP contribution in [-0.4, -0.2) is 11.8 Å². The van der Waals surface area contributed by atoms with E-state index in [4.69, 9.17) is 11.6 Å². The van der Waals surface area contributed by atoms with Crippen molar-refractivity contribution in [2.45, 2.75) is 20.8 Å². The van der Waals surface area contributed by atoms with Gasteiger partial charge >= 0.3 is 0 Å². The molecule has 0 unspecified atom stereocenters. The molecule has 1 rings (SSSR count). The number of anilines is 1. The van der Waals surface area contributed by atoms with Gasteiger partial charge in [-0.05, 0) is 38.5 Å². The molecule has 0 saturated heterocycles. The minimum absolute atomic E-state index is 0.215. The summed E-state index contributed by atoms with van der Waals surface area (Å²) in [6.07, 6.45) is 0. The Balaban J connectivity index is 2.82. The highest BCUT2D eigenvalue weighted by atomic mass is 35.5. The van der Waals surface area contributed by atoms with E-state index in [1.165, 1.54) is 6.07 Å². The zero-order chi connectivity index (χ0) is 12.3. The Hall–Kier alpha value is -1.09. The molecule has 0 aliphatic rings. The monoisotopic (exact) mass is 243 g/mol. The smallest absolute Gasteiger partial charge is 0.231 e. The van der Waals surface area contributed by atoms with E-state index < -0.39 is 5.41 Å². The van der Waals surface area contributed by atoms with Gasteiger partial charge in [0, 0.05) is 11.6 Å². The predicted octanol–water partition coefficient (Wildman–Crippen LogP) is 3.34. The molecule has 0 heterocycles. The standard InChI is InChI=1S/C12H15ClFNO/c1-8-4-5-9(6-10(8)14)15-11(16)12(2,3)7-13/h4-6H,7H2,1-3H3,(H,15,16). The number of benzene rings is 1. The number of amides is 1. The molecule has 0 aliphatic carbocycles. The largest absolute Gasteiger partial charge is 0.325 e. The first-order valence-corrected chi connectivity index (χ1v) is 5.54. The second-order valence-corrected chi connectivity index (χ2v) is 4.70. The van der Waals surface area contributed by atoms with Crippen molar-refractivity contribution in [2.75, 3.05) is 11.2 Å². The van der Waals surface area contributed by atoms with Crippen molar-refractivity contribution in [2.24, 2.45) is 5.41 Å². The minimum atomic E-state index is -0.664. The molecule has 2 nitrogen and oxygen atoms in total. The van der Waals surface area contributed by atoms with E-state index in [0.29, 0.717) is 11.3 Å². The van der Waals surface area contributed by atoms with Crippen LogP contribution < -0.4 is 5.32 Å². The number of rotatable bonds is 3. The maximum atomic E-state index is 13.2. The summed E-state index contributed by atoms with van der Waals surface area (Å²) in [6.45, 7) is 5.14. The molecular formula is C12H15ClFNO. The zero-order valence-corrected chi connectivity index (χ0v) is 10.4. The average Bonchev–Trinajstić information content (AvgIpc) is 2.23. The molecule has 1 aromatic rings. The molecule has 0 bridgehead atoms. The molecule has 4 heteroatoms. The summed E-state index contributed by atoms with van der Waals surface area (Å²) in [5.41, 5.74) is 0.337. The van der Waals surface area contributed by atoms with E-state index in [9.17, 15) is 9.18 Å². The summed E-state index contributed by atoms with van der Waals surface area (Å²) in [5, 5.41) is 2.64. The van der Waals surface area contributed by atoms with Gasteiger partial charge in [0.05, 0.1) is 5.41 Å². The lowest BCUT2D eigenvalue weighted by molar-refractivity contribution is -0.122. The number of halogens is 2. The van der Waals surface area contributed by atoms with Crippen molar-refractivity contribution in [1.29, 1.82) is 0 Å². The first-order valence-electron chi connectivity index (χ1n) is 5.00. The van der Waals surface area contributed by atoms with E-state index in [1.54, 1.807) is 32.9 Å². The van der Waals surface area contributed by atoms with Gasteiger partial charge in [-0.1, -0.05) is 6.07 Å². The Bertz CT molecular complexity index is 404. The second kappa shape index (κ2) is 4.83. The predicted molar refractivity (Wildman–Crippen MR) is 64.3 cm³/mol. The van der Waals surface area contributed by atoms with Gasteiger partial charge < -0.3 is 5.32 Å². The van der Waals surface area contributed by atoms with Crippen molar-refractivity contribution in [3.8, 4) is 0 Å².